The lowest BCUT2D eigenvalue weighted by Crippen LogP contribution is -2.14. The first kappa shape index (κ1) is 31.9. The van der Waals surface area contributed by atoms with Gasteiger partial charge in [-0.05, 0) is 48.5 Å². The Morgan fingerprint density at radius 3 is 1.42 bits per heavy atom. The number of esters is 2. The van der Waals surface area contributed by atoms with E-state index in [0.29, 0.717) is 0 Å². The number of carbonyl (C=O) groups is 3. The molecular weight excluding hydrogens is 344 g/mol. The number of hydrogen-bond acceptors (Lipinski definition) is 8. The van der Waals surface area contributed by atoms with E-state index in [4.69, 9.17) is 15.3 Å². The average Bonchev–Trinajstić information content (AvgIpc) is 2.40. The van der Waals surface area contributed by atoms with Gasteiger partial charge in [0.1, 0.15) is 25.4 Å². The quantitative estimate of drug-likeness (QED) is 0.273. The second-order valence-corrected chi connectivity index (χ2v) is 5.75. The average molecular weight is 380 g/mol. The van der Waals surface area contributed by atoms with Gasteiger partial charge in [-0.2, -0.15) is 0 Å². The minimum atomic E-state index is -0.618. The van der Waals surface area contributed by atoms with Crippen LogP contribution in [0.1, 0.15) is 54.9 Å². The number of aliphatic hydroxyl groups is 3. The van der Waals surface area contributed by atoms with Gasteiger partial charge in [-0.15, -0.1) is 0 Å². The van der Waals surface area contributed by atoms with E-state index in [1.54, 1.807) is 41.5 Å². The van der Waals surface area contributed by atoms with Gasteiger partial charge in [-0.25, -0.2) is 4.79 Å². The zero-order chi connectivity index (χ0) is 21.7. The first-order valence-corrected chi connectivity index (χ1v) is 8.24. The van der Waals surface area contributed by atoms with E-state index < -0.39 is 11.9 Å². The third kappa shape index (κ3) is 79.4. The maximum absolute atomic E-state index is 10.8. The van der Waals surface area contributed by atoms with Crippen LogP contribution in [0, 0.1) is 0 Å². The van der Waals surface area contributed by atoms with E-state index in [1.807, 2.05) is 0 Å². The van der Waals surface area contributed by atoms with E-state index in [9.17, 15) is 14.4 Å². The molecule has 0 saturated carbocycles. The molecular formula is C18H36O8. The third-order valence-corrected chi connectivity index (χ3v) is 1.15. The number of carbonyl (C=O) groups excluding carboxylic acids is 3. The Balaban J connectivity index is -0.000000164. The van der Waals surface area contributed by atoms with Crippen LogP contribution in [-0.4, -0.2) is 64.6 Å². The molecule has 0 aliphatic rings. The molecule has 0 aromatic heterocycles. The van der Waals surface area contributed by atoms with Crippen LogP contribution in [0.15, 0.2) is 12.7 Å². The number of Topliss-reactive ketones (excluding diaryl/α,β-unsaturated/α-hetero) is 1. The van der Waals surface area contributed by atoms with Gasteiger partial charge < -0.3 is 24.8 Å². The molecule has 0 rings (SSSR count). The lowest BCUT2D eigenvalue weighted by Gasteiger charge is -2.03. The maximum atomic E-state index is 10.8. The predicted molar refractivity (Wildman–Crippen MR) is 99.5 cm³/mol. The zero-order valence-electron chi connectivity index (χ0n) is 17.0. The summed E-state index contributed by atoms with van der Waals surface area (Å²) in [4.78, 5) is 31.7. The Hall–Kier alpha value is -1.77. The monoisotopic (exact) mass is 380 g/mol. The van der Waals surface area contributed by atoms with Crippen LogP contribution in [0.2, 0.25) is 0 Å². The molecule has 0 aromatic rings. The van der Waals surface area contributed by atoms with E-state index in [1.165, 1.54) is 6.92 Å². The van der Waals surface area contributed by atoms with E-state index >= 15 is 0 Å². The summed E-state index contributed by atoms with van der Waals surface area (Å²) in [5.41, 5.74) is 0. The fourth-order valence-electron chi connectivity index (χ4n) is 0.611. The highest BCUT2D eigenvalue weighted by molar-refractivity contribution is 5.94. The highest BCUT2D eigenvalue weighted by Crippen LogP contribution is 1.88. The van der Waals surface area contributed by atoms with Gasteiger partial charge in [0.25, 0.3) is 0 Å². The van der Waals surface area contributed by atoms with Crippen LogP contribution in [0.4, 0.5) is 0 Å². The van der Waals surface area contributed by atoms with Crippen molar-refractivity contribution in [3.63, 3.8) is 0 Å². The summed E-state index contributed by atoms with van der Waals surface area (Å²) in [5, 5.41) is 24.2. The van der Waals surface area contributed by atoms with Crippen molar-refractivity contribution in [1.29, 1.82) is 0 Å². The molecule has 0 heterocycles. The van der Waals surface area contributed by atoms with Gasteiger partial charge in [0.15, 0.2) is 0 Å². The van der Waals surface area contributed by atoms with Crippen LogP contribution in [0.25, 0.3) is 0 Å². The van der Waals surface area contributed by atoms with Crippen LogP contribution >= 0.6 is 0 Å². The normalized spacial score (nSPS) is 8.96. The van der Waals surface area contributed by atoms with Crippen LogP contribution in [-0.2, 0) is 23.9 Å². The lowest BCUT2D eigenvalue weighted by atomic mass is 10.3. The van der Waals surface area contributed by atoms with Gasteiger partial charge >= 0.3 is 11.9 Å². The molecule has 0 saturated heterocycles. The summed E-state index contributed by atoms with van der Waals surface area (Å²) in [5.74, 6) is -1.46. The Labute approximate surface area is 156 Å². The van der Waals surface area contributed by atoms with Crippen molar-refractivity contribution in [2.45, 2.75) is 73.2 Å². The predicted octanol–water partition coefficient (Wildman–Crippen LogP) is 1.40. The molecule has 0 bridgehead atoms. The van der Waals surface area contributed by atoms with Crippen molar-refractivity contribution < 1.29 is 39.2 Å². The van der Waals surface area contributed by atoms with Gasteiger partial charge in [-0.1, -0.05) is 6.58 Å². The molecule has 8 heteroatoms. The second-order valence-electron chi connectivity index (χ2n) is 5.75. The van der Waals surface area contributed by atoms with Crippen LogP contribution in [0.3, 0.4) is 0 Å². The highest BCUT2D eigenvalue weighted by Gasteiger charge is 2.06. The van der Waals surface area contributed by atoms with Gasteiger partial charge in [0.05, 0.1) is 0 Å². The summed E-state index contributed by atoms with van der Waals surface area (Å²) in [6.45, 7) is 14.7. The molecule has 156 valence electrons. The molecule has 0 unspecified atom stereocenters. The number of ether oxygens (including phenoxy) is 2. The van der Waals surface area contributed by atoms with Crippen molar-refractivity contribution >= 4 is 17.7 Å². The first-order chi connectivity index (χ1) is 11.8. The number of hydrogen-bond donors (Lipinski definition) is 3. The molecule has 26 heavy (non-hydrogen) atoms. The fraction of sp³-hybridized carbons (Fsp3) is 0.722. The summed E-state index contributed by atoms with van der Waals surface area (Å²) < 4.78 is 9.10. The minimum absolute atomic E-state index is 0.0332. The topological polar surface area (TPSA) is 130 Å². The smallest absolute Gasteiger partial charge is 0.330 e. The van der Waals surface area contributed by atoms with Crippen molar-refractivity contribution in [2.75, 3.05) is 13.2 Å². The molecule has 0 radical (unpaired) electrons. The largest absolute Gasteiger partial charge is 0.462 e. The van der Waals surface area contributed by atoms with Crippen molar-refractivity contribution in [3.05, 3.63) is 12.7 Å². The number of ketones is 1. The van der Waals surface area contributed by atoms with E-state index in [2.05, 4.69) is 16.1 Å². The van der Waals surface area contributed by atoms with Crippen molar-refractivity contribution in [2.24, 2.45) is 0 Å². The number of rotatable bonds is 6. The Kier molecular flexibility index (Phi) is 28.5. The molecule has 0 aromatic carbocycles. The standard InChI is InChI=1S/C9H12O5.3C3H8O/c1-3-8(11)13-4-5-14-9(12)6-7(2)10;3*1-3(2)4/h3H,1,4-6H2,2H3;3*3-4H,1-2H3. The van der Waals surface area contributed by atoms with E-state index in [-0.39, 0.29) is 43.7 Å². The van der Waals surface area contributed by atoms with Crippen LogP contribution < -0.4 is 0 Å². The molecule has 0 fully saturated rings. The molecule has 3 N–H and O–H groups in total. The lowest BCUT2D eigenvalue weighted by molar-refractivity contribution is -0.151. The Morgan fingerprint density at radius 2 is 1.15 bits per heavy atom. The summed E-state index contributed by atoms with van der Waals surface area (Å²) in [7, 11) is 0. The summed E-state index contributed by atoms with van der Waals surface area (Å²) >= 11 is 0. The SMILES string of the molecule is C=CC(=O)OCCOC(=O)CC(C)=O.CC(C)O.CC(C)O.CC(C)O. The molecule has 0 atom stereocenters. The van der Waals surface area contributed by atoms with E-state index in [0.717, 1.165) is 6.08 Å². The third-order valence-electron chi connectivity index (χ3n) is 1.15. The summed E-state index contributed by atoms with van der Waals surface area (Å²) in [6, 6.07) is 0. The maximum Gasteiger partial charge on any atom is 0.330 e. The highest BCUT2D eigenvalue weighted by atomic mass is 16.6. The Bertz CT molecular complexity index is 340. The van der Waals surface area contributed by atoms with Crippen LogP contribution in [0.5, 0.6) is 0 Å². The molecule has 0 aliphatic heterocycles. The van der Waals surface area contributed by atoms with Crippen molar-refractivity contribution in [3.8, 4) is 0 Å². The molecule has 0 aliphatic carbocycles. The summed E-state index contributed by atoms with van der Waals surface area (Å²) in [6.07, 6.45) is 0.257. The van der Waals surface area contributed by atoms with Gasteiger partial charge in [-0.3, -0.25) is 9.59 Å². The van der Waals surface area contributed by atoms with Gasteiger partial charge in [0, 0.05) is 24.4 Å². The number of aliphatic hydroxyl groups excluding tert-OH is 3. The molecule has 0 amide bonds. The Morgan fingerprint density at radius 1 is 0.846 bits per heavy atom. The van der Waals surface area contributed by atoms with Gasteiger partial charge in [0.2, 0.25) is 0 Å². The first-order valence-electron chi connectivity index (χ1n) is 8.24. The molecule has 0 spiro atoms. The minimum Gasteiger partial charge on any atom is -0.462 e. The zero-order valence-corrected chi connectivity index (χ0v) is 17.0. The fourth-order valence-corrected chi connectivity index (χ4v) is 0.611. The second kappa shape index (κ2) is 23.2. The molecule has 8 nitrogen and oxygen atoms in total. The van der Waals surface area contributed by atoms with Crippen molar-refractivity contribution in [1.82, 2.24) is 0 Å².